The van der Waals surface area contributed by atoms with Crippen LogP contribution in [0.4, 0.5) is 0 Å². The number of nitrogens with zero attached hydrogens (tertiary/aromatic N) is 4. The van der Waals surface area contributed by atoms with Gasteiger partial charge in [0.2, 0.25) is 0 Å². The van der Waals surface area contributed by atoms with Crippen LogP contribution in [0.2, 0.25) is 5.02 Å². The van der Waals surface area contributed by atoms with Gasteiger partial charge in [-0.2, -0.15) is 5.10 Å². The predicted molar refractivity (Wildman–Crippen MR) is 111 cm³/mol. The highest BCUT2D eigenvalue weighted by atomic mass is 35.5. The molecule has 0 fully saturated rings. The van der Waals surface area contributed by atoms with E-state index in [4.69, 9.17) is 20.8 Å². The van der Waals surface area contributed by atoms with Gasteiger partial charge in [-0.1, -0.05) is 29.4 Å². The Kier molecular flexibility index (Phi) is 7.48. The van der Waals surface area contributed by atoms with E-state index in [-0.39, 0.29) is 18.3 Å². The fraction of sp³-hybridized carbons (Fsp3) is 0.158. The summed E-state index contributed by atoms with van der Waals surface area (Å²) in [5, 5.41) is 13.4. The van der Waals surface area contributed by atoms with Gasteiger partial charge in [0.15, 0.2) is 11.0 Å². The van der Waals surface area contributed by atoms with E-state index in [0.717, 1.165) is 0 Å². The number of thioether (sulfide) groups is 1. The minimum Gasteiger partial charge on any atom is -0.486 e. The topological polar surface area (TPSA) is 94.5 Å². The lowest BCUT2D eigenvalue weighted by Gasteiger charge is -2.09. The summed E-state index contributed by atoms with van der Waals surface area (Å²) in [5.74, 6) is 1.70. The molecule has 0 aliphatic carbocycles. The van der Waals surface area contributed by atoms with Crippen LogP contribution in [0, 0.1) is 0 Å². The van der Waals surface area contributed by atoms with Crippen molar-refractivity contribution in [3.63, 3.8) is 0 Å². The van der Waals surface area contributed by atoms with Gasteiger partial charge in [-0.3, -0.25) is 9.36 Å². The molecule has 150 valence electrons. The third kappa shape index (κ3) is 6.23. The summed E-state index contributed by atoms with van der Waals surface area (Å²) in [6, 6.07) is 10.5. The number of nitrogens with one attached hydrogen (secondary N) is 1. The van der Waals surface area contributed by atoms with Gasteiger partial charge in [-0.05, 0) is 36.4 Å². The molecular formula is C19H18ClN5O3S. The molecule has 0 aliphatic heterocycles. The van der Waals surface area contributed by atoms with E-state index in [2.05, 4.69) is 27.3 Å². The molecule has 0 radical (unpaired) electrons. The molecule has 1 N–H and O–H groups in total. The molecule has 1 aromatic carbocycles. The van der Waals surface area contributed by atoms with Crippen molar-refractivity contribution in [3.05, 3.63) is 71.9 Å². The van der Waals surface area contributed by atoms with Gasteiger partial charge in [0, 0.05) is 11.6 Å². The number of furan rings is 1. The van der Waals surface area contributed by atoms with Crippen LogP contribution < -0.4 is 10.2 Å². The van der Waals surface area contributed by atoms with E-state index in [1.54, 1.807) is 42.5 Å². The first kappa shape index (κ1) is 20.7. The van der Waals surface area contributed by atoms with Gasteiger partial charge in [-0.15, -0.1) is 16.8 Å². The zero-order valence-electron chi connectivity index (χ0n) is 15.3. The first-order valence-electron chi connectivity index (χ1n) is 8.55. The van der Waals surface area contributed by atoms with Gasteiger partial charge in [-0.25, -0.2) is 5.43 Å². The zero-order chi connectivity index (χ0) is 20.5. The summed E-state index contributed by atoms with van der Waals surface area (Å²) in [4.78, 5) is 12.0. The number of ether oxygens (including phenoxy) is 1. The number of allylic oxidation sites excluding steroid dienone is 1. The first-order valence-corrected chi connectivity index (χ1v) is 9.91. The first-order chi connectivity index (χ1) is 14.2. The van der Waals surface area contributed by atoms with Crippen molar-refractivity contribution in [3.8, 4) is 5.75 Å². The van der Waals surface area contributed by atoms with E-state index in [1.165, 1.54) is 24.2 Å². The molecule has 3 rings (SSSR count). The van der Waals surface area contributed by atoms with Crippen LogP contribution in [-0.4, -0.2) is 32.6 Å². The van der Waals surface area contributed by atoms with Gasteiger partial charge in [0.05, 0.1) is 18.2 Å². The summed E-state index contributed by atoms with van der Waals surface area (Å²) < 4.78 is 12.7. The van der Waals surface area contributed by atoms with Crippen molar-refractivity contribution in [2.24, 2.45) is 5.10 Å². The molecule has 10 heteroatoms. The molecular weight excluding hydrogens is 414 g/mol. The Morgan fingerprint density at radius 3 is 2.90 bits per heavy atom. The number of benzene rings is 1. The number of hydrogen-bond donors (Lipinski definition) is 1. The molecule has 0 spiro atoms. The van der Waals surface area contributed by atoms with Crippen molar-refractivity contribution in [1.29, 1.82) is 0 Å². The highest BCUT2D eigenvalue weighted by Gasteiger charge is 2.14. The molecule has 0 unspecified atom stereocenters. The number of hydrazone groups is 1. The largest absolute Gasteiger partial charge is 0.486 e. The number of carbonyl (C=O) groups excluding carboxylic acids is 1. The lowest BCUT2D eigenvalue weighted by Crippen LogP contribution is -2.20. The normalized spacial score (nSPS) is 10.9. The van der Waals surface area contributed by atoms with Crippen LogP contribution in [0.3, 0.4) is 0 Å². The standard InChI is InChI=1S/C19H18ClN5O3S/c1-2-9-25-17(12-28-15-7-5-14(20)6-8-15)22-24-19(25)29-13-18(26)23-21-11-16-4-3-10-27-16/h2-8,10-11H,1,9,12-13H2,(H,23,26)/b21-11-. The summed E-state index contributed by atoms with van der Waals surface area (Å²) in [5.41, 5.74) is 2.44. The lowest BCUT2D eigenvalue weighted by atomic mass is 10.3. The second-order valence-electron chi connectivity index (χ2n) is 5.64. The molecule has 3 aromatic rings. The van der Waals surface area contributed by atoms with E-state index < -0.39 is 0 Å². The number of rotatable bonds is 10. The highest BCUT2D eigenvalue weighted by molar-refractivity contribution is 7.99. The van der Waals surface area contributed by atoms with Crippen LogP contribution >= 0.6 is 23.4 Å². The van der Waals surface area contributed by atoms with E-state index >= 15 is 0 Å². The van der Waals surface area contributed by atoms with Gasteiger partial charge in [0.1, 0.15) is 18.1 Å². The van der Waals surface area contributed by atoms with Crippen molar-refractivity contribution >= 4 is 35.5 Å². The Morgan fingerprint density at radius 2 is 2.17 bits per heavy atom. The fourth-order valence-electron chi connectivity index (χ4n) is 2.22. The Labute approximate surface area is 176 Å². The van der Waals surface area contributed by atoms with E-state index in [1.807, 2.05) is 4.57 Å². The molecule has 2 heterocycles. The minimum atomic E-state index is -0.273. The summed E-state index contributed by atoms with van der Waals surface area (Å²) in [6.45, 7) is 4.48. The van der Waals surface area contributed by atoms with Crippen molar-refractivity contribution < 1.29 is 13.9 Å². The average molecular weight is 432 g/mol. The molecule has 0 saturated heterocycles. The monoisotopic (exact) mass is 431 g/mol. The highest BCUT2D eigenvalue weighted by Crippen LogP contribution is 2.20. The van der Waals surface area contributed by atoms with Crippen molar-refractivity contribution in [2.75, 3.05) is 5.75 Å². The van der Waals surface area contributed by atoms with Crippen molar-refractivity contribution in [2.45, 2.75) is 18.3 Å². The number of aromatic nitrogens is 3. The third-order valence-electron chi connectivity index (χ3n) is 3.54. The quantitative estimate of drug-likeness (QED) is 0.228. The lowest BCUT2D eigenvalue weighted by molar-refractivity contribution is -0.118. The van der Waals surface area contributed by atoms with Crippen LogP contribution in [0.15, 0.2) is 70.0 Å². The molecule has 0 saturated carbocycles. The second-order valence-corrected chi connectivity index (χ2v) is 7.02. The molecule has 2 aromatic heterocycles. The molecule has 29 heavy (non-hydrogen) atoms. The van der Waals surface area contributed by atoms with Crippen LogP contribution in [0.25, 0.3) is 0 Å². The maximum Gasteiger partial charge on any atom is 0.250 e. The van der Waals surface area contributed by atoms with Crippen LogP contribution in [-0.2, 0) is 17.9 Å². The maximum atomic E-state index is 12.0. The van der Waals surface area contributed by atoms with Crippen LogP contribution in [0.5, 0.6) is 5.75 Å². The number of halogens is 1. The predicted octanol–water partition coefficient (Wildman–Crippen LogP) is 3.53. The molecule has 0 atom stereocenters. The van der Waals surface area contributed by atoms with E-state index in [9.17, 15) is 4.79 Å². The van der Waals surface area contributed by atoms with Gasteiger partial charge >= 0.3 is 0 Å². The maximum absolute atomic E-state index is 12.0. The van der Waals surface area contributed by atoms with Gasteiger partial charge < -0.3 is 9.15 Å². The SMILES string of the molecule is C=CCn1c(COc2ccc(Cl)cc2)nnc1SCC(=O)N/N=C\c1ccco1. The molecule has 1 amide bonds. The molecule has 0 bridgehead atoms. The van der Waals surface area contributed by atoms with Crippen LogP contribution in [0.1, 0.15) is 11.6 Å². The summed E-state index contributed by atoms with van der Waals surface area (Å²) in [7, 11) is 0. The van der Waals surface area contributed by atoms with Crippen molar-refractivity contribution in [1.82, 2.24) is 20.2 Å². The smallest absolute Gasteiger partial charge is 0.250 e. The zero-order valence-corrected chi connectivity index (χ0v) is 16.9. The van der Waals surface area contributed by atoms with Gasteiger partial charge in [0.25, 0.3) is 5.91 Å². The fourth-order valence-corrected chi connectivity index (χ4v) is 3.10. The Bertz CT molecular complexity index is 970. The Balaban J connectivity index is 1.55. The summed E-state index contributed by atoms with van der Waals surface area (Å²) >= 11 is 7.12. The number of carbonyl (C=O) groups is 1. The third-order valence-corrected chi connectivity index (χ3v) is 4.76. The molecule has 8 nitrogen and oxygen atoms in total. The number of amides is 1. The summed E-state index contributed by atoms with van der Waals surface area (Å²) in [6.07, 6.45) is 4.68. The molecule has 0 aliphatic rings. The number of hydrogen-bond acceptors (Lipinski definition) is 7. The minimum absolute atomic E-state index is 0.128. The second kappa shape index (κ2) is 10.5. The average Bonchev–Trinajstić information content (AvgIpc) is 3.37. The Hall–Kier alpha value is -3.04. The Morgan fingerprint density at radius 1 is 1.34 bits per heavy atom. The van der Waals surface area contributed by atoms with E-state index in [0.29, 0.717) is 34.1 Å².